The predicted octanol–water partition coefficient (Wildman–Crippen LogP) is 3.39. The van der Waals surface area contributed by atoms with Crippen LogP contribution in [-0.4, -0.2) is 43.7 Å². The van der Waals surface area contributed by atoms with Crippen molar-refractivity contribution in [2.45, 2.75) is 52.2 Å². The molecule has 2 aromatic heterocycles. The van der Waals surface area contributed by atoms with Gasteiger partial charge >= 0.3 is 11.8 Å². The summed E-state index contributed by atoms with van der Waals surface area (Å²) in [6, 6.07) is 9.59. The van der Waals surface area contributed by atoms with Crippen LogP contribution in [0.25, 0.3) is 11.2 Å². The smallest absolute Gasteiger partial charge is 0.409 e. The Morgan fingerprint density at radius 1 is 1.12 bits per heavy atom. The Morgan fingerprint density at radius 2 is 1.84 bits per heavy atom. The molecule has 3 rings (SSSR count). The Balaban J connectivity index is 1.65. The average Bonchev–Trinajstić information content (AvgIpc) is 3.17. The molecule has 0 aliphatic carbocycles. The van der Waals surface area contributed by atoms with Crippen molar-refractivity contribution in [1.82, 2.24) is 24.0 Å². The molecule has 0 saturated heterocycles. The van der Waals surface area contributed by atoms with Gasteiger partial charge in [0.25, 0.3) is 5.56 Å². The Labute approximate surface area is 190 Å². The number of fused-ring (bicyclic) bond motifs is 1. The molecule has 0 bridgehead atoms. The van der Waals surface area contributed by atoms with Crippen molar-refractivity contribution in [2.75, 3.05) is 13.7 Å². The van der Waals surface area contributed by atoms with Crippen LogP contribution in [0.1, 0.15) is 38.2 Å². The lowest BCUT2D eigenvalue weighted by Crippen LogP contribution is -2.40. The molecule has 9 nitrogen and oxygen atoms in total. The van der Waals surface area contributed by atoms with Gasteiger partial charge in [-0.15, -0.1) is 0 Å². The maximum atomic E-state index is 13.0. The van der Waals surface area contributed by atoms with Crippen molar-refractivity contribution in [2.24, 2.45) is 0 Å². The van der Waals surface area contributed by atoms with Crippen LogP contribution < -0.4 is 11.2 Å². The molecule has 0 unspecified atom stereocenters. The second kappa shape index (κ2) is 11.0. The number of aromatic nitrogens is 4. The molecule has 0 atom stereocenters. The fourth-order valence-electron chi connectivity index (χ4n) is 3.47. The number of halogens is 1. The van der Waals surface area contributed by atoms with Gasteiger partial charge in [0, 0.05) is 26.7 Å². The number of unbranched alkanes of at least 4 members (excludes halogenated alkanes) is 2. The topological polar surface area (TPSA) is 102 Å². The Morgan fingerprint density at radius 3 is 2.56 bits per heavy atom. The van der Waals surface area contributed by atoms with E-state index in [0.717, 1.165) is 29.4 Å². The van der Waals surface area contributed by atoms with E-state index in [1.165, 1.54) is 9.47 Å². The lowest BCUT2D eigenvalue weighted by Gasteiger charge is -2.17. The van der Waals surface area contributed by atoms with Gasteiger partial charge in [-0.2, -0.15) is 4.98 Å². The van der Waals surface area contributed by atoms with Crippen LogP contribution in [-0.2, 0) is 24.4 Å². The highest BCUT2D eigenvalue weighted by Crippen LogP contribution is 2.11. The zero-order valence-electron chi connectivity index (χ0n) is 18.3. The van der Waals surface area contributed by atoms with E-state index >= 15 is 0 Å². The van der Waals surface area contributed by atoms with E-state index in [1.54, 1.807) is 7.05 Å². The Bertz CT molecular complexity index is 1170. The van der Waals surface area contributed by atoms with Gasteiger partial charge in [-0.3, -0.25) is 13.9 Å². The quantitative estimate of drug-likeness (QED) is 0.368. The number of benzene rings is 1. The molecular weight excluding hydrogens is 434 g/mol. The fraction of sp³-hybridized carbons (Fsp3) is 0.455. The van der Waals surface area contributed by atoms with E-state index in [0.29, 0.717) is 19.5 Å². The number of imidazole rings is 1. The summed E-state index contributed by atoms with van der Waals surface area (Å²) in [6.07, 6.45) is 2.61. The summed E-state index contributed by atoms with van der Waals surface area (Å²) >= 11 is 5.95. The molecule has 1 amide bonds. The molecule has 0 radical (unpaired) electrons. The van der Waals surface area contributed by atoms with E-state index in [2.05, 4.69) is 16.9 Å². The lowest BCUT2D eigenvalue weighted by molar-refractivity contribution is 0.106. The predicted molar refractivity (Wildman–Crippen MR) is 123 cm³/mol. The number of nitrogens with zero attached hydrogens (tertiary/aromatic N) is 4. The number of carbonyl (C=O) groups is 1. The van der Waals surface area contributed by atoms with Crippen molar-refractivity contribution in [3.05, 3.63) is 62.0 Å². The standard InChI is InChI=1S/C22H28ClN5O4/c1-3-4-8-12-27-18-17(24-20(23)25-18)19(29)28(21(27)30)13-9-14-32-22(31)26(2)15-16-10-6-5-7-11-16/h5-7,10-11H,3-4,8-9,12-15H2,1-2H3,(H,24,25). The van der Waals surface area contributed by atoms with Gasteiger partial charge in [-0.25, -0.2) is 9.59 Å². The first-order valence-corrected chi connectivity index (χ1v) is 11.1. The van der Waals surface area contributed by atoms with Crippen LogP contribution in [0.5, 0.6) is 0 Å². The first kappa shape index (κ1) is 23.6. The highest BCUT2D eigenvalue weighted by atomic mass is 35.5. The van der Waals surface area contributed by atoms with Crippen molar-refractivity contribution in [3.8, 4) is 0 Å². The molecule has 172 valence electrons. The van der Waals surface area contributed by atoms with Crippen LogP contribution in [0.3, 0.4) is 0 Å². The van der Waals surface area contributed by atoms with E-state index in [1.807, 2.05) is 30.3 Å². The molecule has 10 heteroatoms. The maximum absolute atomic E-state index is 13.0. The first-order chi connectivity index (χ1) is 15.4. The number of H-pyrrole nitrogens is 1. The van der Waals surface area contributed by atoms with Crippen molar-refractivity contribution in [3.63, 3.8) is 0 Å². The number of nitrogens with one attached hydrogen (secondary N) is 1. The van der Waals surface area contributed by atoms with Gasteiger partial charge in [-0.1, -0.05) is 50.1 Å². The zero-order valence-corrected chi connectivity index (χ0v) is 19.1. The summed E-state index contributed by atoms with van der Waals surface area (Å²) in [5.74, 6) is 0. The van der Waals surface area contributed by atoms with E-state index in [-0.39, 0.29) is 29.6 Å². The van der Waals surface area contributed by atoms with E-state index < -0.39 is 17.3 Å². The summed E-state index contributed by atoms with van der Waals surface area (Å²) in [6.45, 7) is 3.15. The molecular formula is C22H28ClN5O4. The SMILES string of the molecule is CCCCCn1c(=O)n(CCCOC(=O)N(C)Cc2ccccc2)c(=O)c2[nH]c(Cl)nc21. The van der Waals surface area contributed by atoms with Crippen LogP contribution >= 0.6 is 11.6 Å². The molecule has 0 aliphatic rings. The monoisotopic (exact) mass is 461 g/mol. The van der Waals surface area contributed by atoms with Gasteiger partial charge in [0.15, 0.2) is 11.2 Å². The van der Waals surface area contributed by atoms with Gasteiger partial charge in [0.05, 0.1) is 6.61 Å². The number of carbonyl (C=O) groups excluding carboxylic acids is 1. The number of amides is 1. The second-order valence-electron chi connectivity index (χ2n) is 7.63. The second-order valence-corrected chi connectivity index (χ2v) is 7.99. The first-order valence-electron chi connectivity index (χ1n) is 10.7. The zero-order chi connectivity index (χ0) is 23.1. The highest BCUT2D eigenvalue weighted by Gasteiger charge is 2.17. The Kier molecular flexibility index (Phi) is 8.10. The minimum Gasteiger partial charge on any atom is -0.449 e. The third kappa shape index (κ3) is 5.59. The number of hydrogen-bond acceptors (Lipinski definition) is 5. The molecule has 1 N–H and O–H groups in total. The molecule has 32 heavy (non-hydrogen) atoms. The number of aryl methyl sites for hydroxylation is 1. The van der Waals surface area contributed by atoms with Crippen molar-refractivity contribution in [1.29, 1.82) is 0 Å². The summed E-state index contributed by atoms with van der Waals surface area (Å²) in [5.41, 5.74) is 0.545. The molecule has 3 aromatic rings. The van der Waals surface area contributed by atoms with Crippen LogP contribution in [0.4, 0.5) is 4.79 Å². The van der Waals surface area contributed by atoms with Gasteiger partial charge < -0.3 is 14.6 Å². The van der Waals surface area contributed by atoms with E-state index in [9.17, 15) is 14.4 Å². The summed E-state index contributed by atoms with van der Waals surface area (Å²) in [4.78, 5) is 46.3. The van der Waals surface area contributed by atoms with Gasteiger partial charge in [0.1, 0.15) is 0 Å². The molecule has 2 heterocycles. The minimum absolute atomic E-state index is 0.0638. The van der Waals surface area contributed by atoms with Gasteiger partial charge in [0.2, 0.25) is 5.28 Å². The number of rotatable bonds is 10. The van der Waals surface area contributed by atoms with Crippen molar-refractivity contribution >= 4 is 28.9 Å². The third-order valence-corrected chi connectivity index (χ3v) is 5.32. The third-order valence-electron chi connectivity index (χ3n) is 5.14. The average molecular weight is 462 g/mol. The molecule has 0 aliphatic heterocycles. The summed E-state index contributed by atoms with van der Waals surface area (Å²) in [7, 11) is 1.66. The molecule has 1 aromatic carbocycles. The van der Waals surface area contributed by atoms with Crippen LogP contribution in [0, 0.1) is 0 Å². The molecule has 0 saturated carbocycles. The molecule has 0 fully saturated rings. The number of hydrogen-bond donors (Lipinski definition) is 1. The normalized spacial score (nSPS) is 11.1. The number of aromatic amines is 1. The van der Waals surface area contributed by atoms with E-state index in [4.69, 9.17) is 16.3 Å². The number of ether oxygens (including phenoxy) is 1. The summed E-state index contributed by atoms with van der Waals surface area (Å²) in [5, 5.41) is 0.0638. The molecule has 0 spiro atoms. The Hall–Kier alpha value is -3.07. The highest BCUT2D eigenvalue weighted by molar-refractivity contribution is 6.28. The summed E-state index contributed by atoms with van der Waals surface area (Å²) < 4.78 is 7.92. The van der Waals surface area contributed by atoms with Crippen LogP contribution in [0.15, 0.2) is 39.9 Å². The minimum atomic E-state index is -0.483. The van der Waals surface area contributed by atoms with Crippen LogP contribution in [0.2, 0.25) is 5.28 Å². The lowest BCUT2D eigenvalue weighted by atomic mass is 10.2. The largest absolute Gasteiger partial charge is 0.449 e. The van der Waals surface area contributed by atoms with Crippen molar-refractivity contribution < 1.29 is 9.53 Å². The fourth-order valence-corrected chi connectivity index (χ4v) is 3.65. The van der Waals surface area contributed by atoms with Gasteiger partial charge in [-0.05, 0) is 30.0 Å². The maximum Gasteiger partial charge on any atom is 0.409 e.